The summed E-state index contributed by atoms with van der Waals surface area (Å²) < 4.78 is 47.2. The van der Waals surface area contributed by atoms with Crippen molar-refractivity contribution in [1.29, 1.82) is 0 Å². The van der Waals surface area contributed by atoms with Gasteiger partial charge < -0.3 is 63.4 Å². The number of hydrogen-bond donors (Lipinski definition) is 5. The van der Waals surface area contributed by atoms with E-state index in [9.17, 15) is 39.9 Å². The number of allylic oxidation sites excluding steroid dienone is 1. The molecule has 358 valence electrons. The molecule has 4 aliphatic carbocycles. The molecule has 16 heteroatoms. The molecule has 0 spiro atoms. The average Bonchev–Trinajstić information content (AvgIpc) is 3.49. The van der Waals surface area contributed by atoms with Crippen molar-refractivity contribution in [2.75, 3.05) is 27.4 Å². The van der Waals surface area contributed by atoms with Gasteiger partial charge in [0, 0.05) is 24.7 Å². The predicted molar refractivity (Wildman–Crippen MR) is 228 cm³/mol. The van der Waals surface area contributed by atoms with Crippen molar-refractivity contribution < 1.29 is 77.8 Å². The van der Waals surface area contributed by atoms with E-state index in [1.54, 1.807) is 6.92 Å². The van der Waals surface area contributed by atoms with E-state index in [0.29, 0.717) is 37.4 Å². The first-order valence-corrected chi connectivity index (χ1v) is 23.1. The van der Waals surface area contributed by atoms with E-state index in [1.807, 2.05) is 0 Å². The molecule has 5 N–H and O–H groups in total. The Hall–Kier alpha value is -3.19. The number of methoxy groups -OCH3 is 2. The van der Waals surface area contributed by atoms with Crippen molar-refractivity contribution in [1.82, 2.24) is 0 Å². The van der Waals surface area contributed by atoms with E-state index >= 15 is 0 Å². The van der Waals surface area contributed by atoms with E-state index in [0.717, 1.165) is 25.7 Å². The van der Waals surface area contributed by atoms with Gasteiger partial charge in [0.15, 0.2) is 36.3 Å². The van der Waals surface area contributed by atoms with Gasteiger partial charge in [-0.2, -0.15) is 0 Å². The highest BCUT2D eigenvalue weighted by atomic mass is 16.8. The Labute approximate surface area is 375 Å². The predicted octanol–water partition coefficient (Wildman–Crippen LogP) is 4.03. The molecule has 16 nitrogen and oxygen atoms in total. The number of aliphatic hydroxyl groups is 5. The minimum absolute atomic E-state index is 0.0268. The Morgan fingerprint density at radius 1 is 0.844 bits per heavy atom. The molecule has 3 saturated carbocycles. The van der Waals surface area contributed by atoms with Crippen LogP contribution in [0.1, 0.15) is 110 Å². The van der Waals surface area contributed by atoms with Crippen LogP contribution < -0.4 is 9.47 Å². The molecule has 0 bridgehead atoms. The summed E-state index contributed by atoms with van der Waals surface area (Å²) in [5, 5.41) is 57.3. The molecule has 0 radical (unpaired) electrons. The maximum atomic E-state index is 14.2. The lowest BCUT2D eigenvalue weighted by molar-refractivity contribution is -0.345. The first-order valence-electron chi connectivity index (χ1n) is 23.1. The van der Waals surface area contributed by atoms with Crippen LogP contribution in [0.2, 0.25) is 0 Å². The highest BCUT2D eigenvalue weighted by Gasteiger charge is 2.70. The lowest BCUT2D eigenvalue weighted by Gasteiger charge is -2.59. The van der Waals surface area contributed by atoms with Crippen LogP contribution >= 0.6 is 0 Å². The third kappa shape index (κ3) is 8.88. The molecule has 0 amide bonds. The van der Waals surface area contributed by atoms with Crippen molar-refractivity contribution in [2.45, 2.75) is 166 Å². The second-order valence-electron chi connectivity index (χ2n) is 20.1. The van der Waals surface area contributed by atoms with Crippen LogP contribution in [0.3, 0.4) is 0 Å². The Morgan fingerprint density at radius 3 is 2.20 bits per heavy atom. The first-order chi connectivity index (χ1) is 30.3. The van der Waals surface area contributed by atoms with Gasteiger partial charge in [-0.3, -0.25) is 9.59 Å². The SMILES string of the molecule is COc1ccc(C(=O)O[C@@H]2[C@H](O[C@H]3[C@@H](OC(C)=O)[C@H](O[C@H]4C[C@H]5[C@@H]6CC=C7C[C@@H](O)CC[C@]7(C)[C@H]6CC[C@]5(C)[C@]4(O)[C@H](C)C(=O)CCC(C)C)OC[C@@H]3O)OC[C@@H](O)[C@@H]2O)cc1OC. The lowest BCUT2D eigenvalue weighted by atomic mass is 9.46. The number of esters is 2. The van der Waals surface area contributed by atoms with Crippen molar-refractivity contribution in [3.63, 3.8) is 0 Å². The highest BCUT2D eigenvalue weighted by Crippen LogP contribution is 2.69. The van der Waals surface area contributed by atoms with Gasteiger partial charge in [0.2, 0.25) is 0 Å². The van der Waals surface area contributed by atoms with Crippen LogP contribution in [0.25, 0.3) is 0 Å². The lowest BCUT2D eigenvalue weighted by Crippen LogP contribution is -2.64. The number of rotatable bonds is 14. The topological polar surface area (TPSA) is 226 Å². The Bertz CT molecular complexity index is 1890. The number of ether oxygens (including phenoxy) is 8. The third-order valence-electron chi connectivity index (χ3n) is 16.0. The number of fused-ring (bicyclic) bond motifs is 5. The molecule has 17 atom stereocenters. The number of ketones is 1. The number of carbonyl (C=O) groups excluding carboxylic acids is 3. The standard InChI is InChI=1S/C48H70O16/c1-24(2)9-13-33(51)25(3)48(56)38(21-32-30-12-11-28-20-29(50)15-17-46(28,5)31(30)16-18-47(32,48)6)62-45-42(61-26(4)49)40(35(53)23-60-45)64-44-41(39(54)34(52)22-59-44)63-43(55)27-10-14-36(57-7)37(19-27)58-8/h10-11,14,19,24-25,29-32,34-35,38-42,44-45,50,52-54,56H,9,12-13,15-18,20-23H2,1-8H3/t25-,29+,30-,31+,32+,34-,35+,38+,39+,40-,41+,42-,44+,45+,46+,47+,48+/m1/s1. The molecule has 64 heavy (non-hydrogen) atoms. The van der Waals surface area contributed by atoms with Crippen LogP contribution in [0.15, 0.2) is 29.8 Å². The van der Waals surface area contributed by atoms with Gasteiger partial charge >= 0.3 is 11.9 Å². The quantitative estimate of drug-likeness (QED) is 0.131. The van der Waals surface area contributed by atoms with Crippen LogP contribution in [-0.4, -0.2) is 138 Å². The van der Waals surface area contributed by atoms with E-state index in [4.69, 9.17) is 37.9 Å². The average molecular weight is 903 g/mol. The summed E-state index contributed by atoms with van der Waals surface area (Å²) in [6.45, 7) is 10.7. The highest BCUT2D eigenvalue weighted by molar-refractivity contribution is 5.90. The van der Waals surface area contributed by atoms with Crippen molar-refractivity contribution in [3.05, 3.63) is 35.4 Å². The van der Waals surface area contributed by atoms with Gasteiger partial charge in [0.1, 0.15) is 35.8 Å². The molecule has 2 heterocycles. The van der Waals surface area contributed by atoms with E-state index in [1.165, 1.54) is 44.9 Å². The van der Waals surface area contributed by atoms with Gasteiger partial charge in [-0.05, 0) is 98.7 Å². The maximum Gasteiger partial charge on any atom is 0.338 e. The molecular weight excluding hydrogens is 833 g/mol. The number of carbonyl (C=O) groups is 3. The zero-order valence-electron chi connectivity index (χ0n) is 38.5. The van der Waals surface area contributed by atoms with Crippen LogP contribution in [0.4, 0.5) is 0 Å². The summed E-state index contributed by atoms with van der Waals surface area (Å²) in [4.78, 5) is 40.5. The molecule has 6 aliphatic rings. The summed E-state index contributed by atoms with van der Waals surface area (Å²) in [6, 6.07) is 4.31. The largest absolute Gasteiger partial charge is 0.493 e. The summed E-state index contributed by atoms with van der Waals surface area (Å²) in [6.07, 6.45) is -5.42. The fourth-order valence-corrected chi connectivity index (χ4v) is 12.3. The van der Waals surface area contributed by atoms with Gasteiger partial charge in [-0.25, -0.2) is 4.79 Å². The van der Waals surface area contributed by atoms with Crippen molar-refractivity contribution >= 4 is 17.7 Å². The van der Waals surface area contributed by atoms with E-state index in [2.05, 4.69) is 33.8 Å². The summed E-state index contributed by atoms with van der Waals surface area (Å²) in [5.74, 6) is -1.32. The van der Waals surface area contributed by atoms with Gasteiger partial charge in [-0.1, -0.05) is 46.3 Å². The zero-order valence-corrected chi connectivity index (χ0v) is 38.5. The zero-order chi connectivity index (χ0) is 46.5. The second-order valence-corrected chi connectivity index (χ2v) is 20.1. The fourth-order valence-electron chi connectivity index (χ4n) is 12.3. The monoisotopic (exact) mass is 902 g/mol. The molecule has 5 fully saturated rings. The van der Waals surface area contributed by atoms with Gasteiger partial charge in [-0.15, -0.1) is 0 Å². The molecule has 1 aromatic carbocycles. The van der Waals surface area contributed by atoms with Crippen molar-refractivity contribution in [2.24, 2.45) is 40.4 Å². The molecule has 1 aromatic rings. The minimum atomic E-state index is -1.69. The maximum absolute atomic E-state index is 14.2. The van der Waals surface area contributed by atoms with Crippen LogP contribution in [0.5, 0.6) is 11.5 Å². The number of hydrogen-bond acceptors (Lipinski definition) is 16. The molecular formula is C48H70O16. The van der Waals surface area contributed by atoms with Crippen LogP contribution in [-0.2, 0) is 38.0 Å². The normalized spacial score (nSPS) is 41.2. The summed E-state index contributed by atoms with van der Waals surface area (Å²) in [5.41, 5.74) is -1.21. The van der Waals surface area contributed by atoms with E-state index in [-0.39, 0.29) is 59.4 Å². The molecule has 0 aromatic heterocycles. The van der Waals surface area contributed by atoms with E-state index < -0.39 is 90.8 Å². The number of aliphatic hydroxyl groups excluding tert-OH is 4. The molecule has 2 aliphatic heterocycles. The Kier molecular flexibility index (Phi) is 14.6. The second kappa shape index (κ2) is 19.2. The number of Topliss-reactive ketones (excluding diaryl/α,β-unsaturated/α-hetero) is 1. The van der Waals surface area contributed by atoms with Gasteiger partial charge in [0.05, 0.1) is 45.2 Å². The molecule has 7 rings (SSSR count). The third-order valence-corrected chi connectivity index (χ3v) is 16.0. The van der Waals surface area contributed by atoms with Crippen molar-refractivity contribution in [3.8, 4) is 11.5 Å². The smallest absolute Gasteiger partial charge is 0.338 e. The van der Waals surface area contributed by atoms with Crippen LogP contribution in [0, 0.1) is 40.4 Å². The first kappa shape index (κ1) is 48.7. The Morgan fingerprint density at radius 2 is 1.53 bits per heavy atom. The minimum Gasteiger partial charge on any atom is -0.493 e. The van der Waals surface area contributed by atoms with Gasteiger partial charge in [0.25, 0.3) is 0 Å². The molecule has 0 unspecified atom stereocenters. The molecule has 2 saturated heterocycles. The Balaban J connectivity index is 1.18. The fraction of sp³-hybridized carbons (Fsp3) is 0.771. The summed E-state index contributed by atoms with van der Waals surface area (Å²) >= 11 is 0. The summed E-state index contributed by atoms with van der Waals surface area (Å²) in [7, 11) is 2.84. The number of benzene rings is 1.